The quantitative estimate of drug-likeness (QED) is 0.792. The minimum absolute atomic E-state index is 0.184. The van der Waals surface area contributed by atoms with E-state index in [0.717, 1.165) is 23.8 Å². The van der Waals surface area contributed by atoms with Gasteiger partial charge in [-0.3, -0.25) is 4.57 Å². The molecular formula is C16H22ClN5. The molecule has 3 rings (SSSR count). The summed E-state index contributed by atoms with van der Waals surface area (Å²) in [5.74, 6) is 1.88. The summed E-state index contributed by atoms with van der Waals surface area (Å²) in [6.07, 6.45) is 9.67. The predicted molar refractivity (Wildman–Crippen MR) is 89.5 cm³/mol. The zero-order valence-corrected chi connectivity index (χ0v) is 13.9. The number of aliphatic imine (C=N–C) groups is 1. The van der Waals surface area contributed by atoms with Crippen molar-refractivity contribution in [1.82, 2.24) is 19.7 Å². The summed E-state index contributed by atoms with van der Waals surface area (Å²) in [5, 5.41) is 8.78. The maximum absolute atomic E-state index is 6.02. The lowest BCUT2D eigenvalue weighted by atomic mass is 10.0. The van der Waals surface area contributed by atoms with E-state index in [1.165, 1.54) is 25.7 Å². The van der Waals surface area contributed by atoms with Crippen LogP contribution in [0.2, 0.25) is 0 Å². The molecule has 1 unspecified atom stereocenters. The van der Waals surface area contributed by atoms with Gasteiger partial charge in [0.05, 0.1) is 11.7 Å². The number of fused-ring (bicyclic) bond motifs is 1. The zero-order chi connectivity index (χ0) is 15.7. The van der Waals surface area contributed by atoms with Crippen LogP contribution in [0, 0.1) is 0 Å². The highest BCUT2D eigenvalue weighted by Gasteiger charge is 2.39. The summed E-state index contributed by atoms with van der Waals surface area (Å²) in [4.78, 5) is 6.96. The van der Waals surface area contributed by atoms with Crippen LogP contribution in [0.25, 0.3) is 5.70 Å². The highest BCUT2D eigenvalue weighted by atomic mass is 35.5. The molecule has 0 saturated heterocycles. The topological polar surface area (TPSA) is 46.3 Å². The number of aromatic nitrogens is 3. The molecule has 118 valence electrons. The van der Waals surface area contributed by atoms with Gasteiger partial charge in [0.1, 0.15) is 11.5 Å². The van der Waals surface area contributed by atoms with Crippen molar-refractivity contribution in [3.8, 4) is 0 Å². The molecule has 0 bridgehead atoms. The van der Waals surface area contributed by atoms with Crippen molar-refractivity contribution in [3.05, 3.63) is 30.0 Å². The summed E-state index contributed by atoms with van der Waals surface area (Å²) < 4.78 is 2.03. The summed E-state index contributed by atoms with van der Waals surface area (Å²) in [6, 6.07) is 0.671. The molecule has 1 aliphatic heterocycles. The molecule has 1 aliphatic carbocycles. The van der Waals surface area contributed by atoms with Gasteiger partial charge in [-0.05, 0) is 26.2 Å². The average Bonchev–Trinajstić information content (AvgIpc) is 3.16. The zero-order valence-electron chi connectivity index (χ0n) is 13.2. The third-order valence-corrected chi connectivity index (χ3v) is 4.63. The summed E-state index contributed by atoms with van der Waals surface area (Å²) in [5.41, 5.74) is 0.985. The minimum Gasteiger partial charge on any atom is -0.342 e. The van der Waals surface area contributed by atoms with E-state index in [0.29, 0.717) is 11.2 Å². The van der Waals surface area contributed by atoms with E-state index in [1.54, 1.807) is 6.33 Å². The van der Waals surface area contributed by atoms with Gasteiger partial charge in [-0.2, -0.15) is 0 Å². The number of nitrogens with zero attached hydrogens (tertiary/aromatic N) is 5. The van der Waals surface area contributed by atoms with Crippen LogP contribution in [0.15, 0.2) is 29.1 Å². The molecule has 1 saturated carbocycles. The van der Waals surface area contributed by atoms with Crippen molar-refractivity contribution in [2.45, 2.75) is 58.0 Å². The van der Waals surface area contributed by atoms with Crippen LogP contribution >= 0.6 is 11.6 Å². The minimum atomic E-state index is 0.184. The van der Waals surface area contributed by atoms with E-state index >= 15 is 0 Å². The van der Waals surface area contributed by atoms with Crippen LogP contribution < -0.4 is 0 Å². The Morgan fingerprint density at radius 3 is 2.82 bits per heavy atom. The van der Waals surface area contributed by atoms with Crippen LogP contribution in [0.3, 0.4) is 0 Å². The van der Waals surface area contributed by atoms with E-state index in [4.69, 9.17) is 11.6 Å². The molecule has 5 nitrogen and oxygen atoms in total. The Bertz CT molecular complexity index is 624. The lowest BCUT2D eigenvalue weighted by Crippen LogP contribution is -2.47. The molecule has 1 fully saturated rings. The first-order valence-electron chi connectivity index (χ1n) is 7.95. The highest BCUT2D eigenvalue weighted by molar-refractivity contribution is 6.31. The predicted octanol–water partition coefficient (Wildman–Crippen LogP) is 3.96. The monoisotopic (exact) mass is 319 g/mol. The van der Waals surface area contributed by atoms with Gasteiger partial charge in [0, 0.05) is 6.04 Å². The SMILES string of the molecule is C=C(Cl)N=C1C(=CC)n2cnnc2C(CC)N1C1CCCC1. The van der Waals surface area contributed by atoms with Crippen LogP contribution in [0.1, 0.15) is 57.8 Å². The van der Waals surface area contributed by atoms with Gasteiger partial charge < -0.3 is 4.90 Å². The Balaban J connectivity index is 2.16. The van der Waals surface area contributed by atoms with Crippen LogP contribution in [-0.2, 0) is 0 Å². The molecule has 22 heavy (non-hydrogen) atoms. The molecule has 0 amide bonds. The fourth-order valence-corrected chi connectivity index (χ4v) is 3.74. The molecule has 0 N–H and O–H groups in total. The third kappa shape index (κ3) is 2.47. The molecule has 1 aromatic rings. The van der Waals surface area contributed by atoms with Crippen molar-refractivity contribution < 1.29 is 0 Å². The van der Waals surface area contributed by atoms with Gasteiger partial charge in [-0.1, -0.05) is 44.0 Å². The van der Waals surface area contributed by atoms with Gasteiger partial charge in [-0.15, -0.1) is 10.2 Å². The van der Waals surface area contributed by atoms with E-state index in [9.17, 15) is 0 Å². The lowest BCUT2D eigenvalue weighted by molar-refractivity contribution is 0.218. The fourth-order valence-electron chi connectivity index (χ4n) is 3.66. The van der Waals surface area contributed by atoms with Crippen LogP contribution in [-0.4, -0.2) is 31.5 Å². The van der Waals surface area contributed by atoms with Gasteiger partial charge in [-0.25, -0.2) is 4.99 Å². The Hall–Kier alpha value is -1.62. The maximum atomic E-state index is 6.02. The number of hydrogen-bond donors (Lipinski definition) is 0. The largest absolute Gasteiger partial charge is 0.342 e. The first-order valence-corrected chi connectivity index (χ1v) is 8.33. The first kappa shape index (κ1) is 15.3. The smallest absolute Gasteiger partial charge is 0.160 e. The average molecular weight is 320 g/mol. The second-order valence-corrected chi connectivity index (χ2v) is 6.25. The van der Waals surface area contributed by atoms with Gasteiger partial charge in [0.2, 0.25) is 0 Å². The van der Waals surface area contributed by atoms with Gasteiger partial charge in [0.25, 0.3) is 0 Å². The highest BCUT2D eigenvalue weighted by Crippen LogP contribution is 2.39. The van der Waals surface area contributed by atoms with E-state index in [1.807, 2.05) is 17.6 Å². The lowest BCUT2D eigenvalue weighted by Gasteiger charge is -2.42. The number of halogens is 1. The second-order valence-electron chi connectivity index (χ2n) is 5.81. The van der Waals surface area contributed by atoms with E-state index in [-0.39, 0.29) is 6.04 Å². The molecule has 2 heterocycles. The second kappa shape index (κ2) is 6.24. The molecule has 0 radical (unpaired) electrons. The Morgan fingerprint density at radius 2 is 2.23 bits per heavy atom. The van der Waals surface area contributed by atoms with E-state index in [2.05, 4.69) is 33.6 Å². The Morgan fingerprint density at radius 1 is 1.50 bits per heavy atom. The molecule has 0 aromatic carbocycles. The number of hydrogen-bond acceptors (Lipinski definition) is 3. The van der Waals surface area contributed by atoms with Crippen molar-refractivity contribution in [2.24, 2.45) is 4.99 Å². The van der Waals surface area contributed by atoms with Crippen LogP contribution in [0.4, 0.5) is 0 Å². The van der Waals surface area contributed by atoms with Crippen molar-refractivity contribution in [3.63, 3.8) is 0 Å². The number of allylic oxidation sites excluding steroid dienone is 1. The number of amidine groups is 1. The molecule has 6 heteroatoms. The van der Waals surface area contributed by atoms with Crippen molar-refractivity contribution in [1.29, 1.82) is 0 Å². The molecular weight excluding hydrogens is 298 g/mol. The van der Waals surface area contributed by atoms with Crippen molar-refractivity contribution >= 4 is 23.1 Å². The standard InChI is InChI=1S/C16H22ClN5/c1-4-13-15(19-11(3)17)22(12-8-6-7-9-12)14(5-2)16-20-18-10-21(13)16/h4,10,12,14H,3,5-9H2,1-2H3. The number of rotatable bonds is 3. The van der Waals surface area contributed by atoms with Gasteiger partial charge in [0.15, 0.2) is 11.7 Å². The van der Waals surface area contributed by atoms with Crippen molar-refractivity contribution in [2.75, 3.05) is 0 Å². The normalized spacial score (nSPS) is 26.0. The van der Waals surface area contributed by atoms with E-state index < -0.39 is 0 Å². The first-order chi connectivity index (χ1) is 10.7. The van der Waals surface area contributed by atoms with Crippen LogP contribution in [0.5, 0.6) is 0 Å². The van der Waals surface area contributed by atoms with Gasteiger partial charge >= 0.3 is 0 Å². The summed E-state index contributed by atoms with van der Waals surface area (Å²) >= 11 is 6.02. The molecule has 1 atom stereocenters. The Kier molecular flexibility index (Phi) is 4.34. The molecule has 1 aromatic heterocycles. The molecule has 0 spiro atoms. The Labute approximate surface area is 136 Å². The molecule has 2 aliphatic rings. The summed E-state index contributed by atoms with van der Waals surface area (Å²) in [7, 11) is 0. The third-order valence-electron chi connectivity index (χ3n) is 4.55. The fraction of sp³-hybridized carbons (Fsp3) is 0.562. The summed E-state index contributed by atoms with van der Waals surface area (Å²) in [6.45, 7) is 7.94. The maximum Gasteiger partial charge on any atom is 0.160 e.